The van der Waals surface area contributed by atoms with Gasteiger partial charge in [-0.2, -0.15) is 0 Å². The number of nitrogens with zero attached hydrogens (tertiary/aromatic N) is 1. The lowest BCUT2D eigenvalue weighted by molar-refractivity contribution is -0.142. The number of hydrogen-bond donors (Lipinski definition) is 1. The number of aryl methyl sites for hydroxylation is 1. The summed E-state index contributed by atoms with van der Waals surface area (Å²) >= 11 is 3.46. The molecule has 0 radical (unpaired) electrons. The van der Waals surface area contributed by atoms with Gasteiger partial charge in [-0.1, -0.05) is 83.5 Å². The number of carbonyl (C=O) groups excluding carboxylic acids is 2. The van der Waals surface area contributed by atoms with E-state index in [1.807, 2.05) is 92.7 Å². The molecule has 3 aromatic carbocycles. The van der Waals surface area contributed by atoms with Crippen LogP contribution in [-0.2, 0) is 22.6 Å². The van der Waals surface area contributed by atoms with Crippen LogP contribution >= 0.6 is 15.9 Å². The molecule has 34 heavy (non-hydrogen) atoms. The van der Waals surface area contributed by atoms with E-state index in [1.54, 1.807) is 4.90 Å². The van der Waals surface area contributed by atoms with Crippen LogP contribution in [0.25, 0.3) is 0 Å². The average molecular weight is 523 g/mol. The van der Waals surface area contributed by atoms with Gasteiger partial charge in [0.05, 0.1) is 0 Å². The lowest BCUT2D eigenvalue weighted by Gasteiger charge is -2.31. The molecule has 6 heteroatoms. The largest absolute Gasteiger partial charge is 0.484 e. The number of ether oxygens (including phenoxy) is 1. The molecule has 2 amide bonds. The highest BCUT2D eigenvalue weighted by Crippen LogP contribution is 2.19. The topological polar surface area (TPSA) is 58.6 Å². The van der Waals surface area contributed by atoms with E-state index in [4.69, 9.17) is 4.74 Å². The molecule has 178 valence electrons. The lowest BCUT2D eigenvalue weighted by Crippen LogP contribution is -2.51. The Bertz CT molecular complexity index is 1070. The van der Waals surface area contributed by atoms with E-state index in [9.17, 15) is 9.59 Å². The van der Waals surface area contributed by atoms with Crippen molar-refractivity contribution in [2.45, 2.75) is 39.3 Å². The van der Waals surface area contributed by atoms with Crippen molar-refractivity contribution in [2.24, 2.45) is 0 Å². The first-order valence-electron chi connectivity index (χ1n) is 11.5. The fraction of sp³-hybridized carbons (Fsp3) is 0.286. The third-order valence-electron chi connectivity index (χ3n) is 5.53. The molecule has 1 N–H and O–H groups in total. The summed E-state index contributed by atoms with van der Waals surface area (Å²) in [4.78, 5) is 28.4. The molecule has 0 spiro atoms. The van der Waals surface area contributed by atoms with Crippen LogP contribution in [0.5, 0.6) is 5.75 Å². The van der Waals surface area contributed by atoms with Gasteiger partial charge in [0.25, 0.3) is 5.91 Å². The highest BCUT2D eigenvalue weighted by atomic mass is 79.9. The summed E-state index contributed by atoms with van der Waals surface area (Å²) in [6.45, 7) is 4.67. The molecule has 3 rings (SSSR count). The van der Waals surface area contributed by atoms with E-state index < -0.39 is 6.04 Å². The minimum atomic E-state index is -0.662. The molecule has 0 heterocycles. The van der Waals surface area contributed by atoms with Crippen molar-refractivity contribution in [3.8, 4) is 5.75 Å². The first-order valence-corrected chi connectivity index (χ1v) is 12.3. The van der Waals surface area contributed by atoms with Crippen LogP contribution in [0.3, 0.4) is 0 Å². The fourth-order valence-electron chi connectivity index (χ4n) is 3.65. The predicted octanol–water partition coefficient (Wildman–Crippen LogP) is 5.30. The number of rotatable bonds is 11. The number of benzene rings is 3. The Balaban J connectivity index is 1.89. The molecule has 3 aromatic rings. The van der Waals surface area contributed by atoms with E-state index in [0.717, 1.165) is 27.6 Å². The Morgan fingerprint density at radius 2 is 1.62 bits per heavy atom. The Kier molecular flexibility index (Phi) is 9.71. The van der Waals surface area contributed by atoms with Crippen LogP contribution in [-0.4, -0.2) is 35.9 Å². The molecule has 5 nitrogen and oxygen atoms in total. The molecule has 0 aliphatic heterocycles. The first-order chi connectivity index (χ1) is 16.5. The molecule has 0 bridgehead atoms. The van der Waals surface area contributed by atoms with Crippen LogP contribution in [0.15, 0.2) is 83.3 Å². The second-order valence-corrected chi connectivity index (χ2v) is 9.11. The monoisotopic (exact) mass is 522 g/mol. The van der Waals surface area contributed by atoms with E-state index in [-0.39, 0.29) is 18.4 Å². The van der Waals surface area contributed by atoms with E-state index in [2.05, 4.69) is 21.2 Å². The quantitative estimate of drug-likeness (QED) is 0.371. The molecule has 1 unspecified atom stereocenters. The summed E-state index contributed by atoms with van der Waals surface area (Å²) in [6.07, 6.45) is 1.24. The maximum absolute atomic E-state index is 13.5. The van der Waals surface area contributed by atoms with Gasteiger partial charge in [-0.15, -0.1) is 0 Å². The van der Waals surface area contributed by atoms with Crippen molar-refractivity contribution >= 4 is 27.7 Å². The second kappa shape index (κ2) is 12.9. The average Bonchev–Trinajstić information content (AvgIpc) is 2.85. The van der Waals surface area contributed by atoms with E-state index in [0.29, 0.717) is 25.3 Å². The first kappa shape index (κ1) is 25.5. The Morgan fingerprint density at radius 3 is 2.29 bits per heavy atom. The lowest BCUT2D eigenvalue weighted by atomic mass is 10.0. The second-order valence-electron chi connectivity index (χ2n) is 8.20. The molecule has 0 saturated carbocycles. The third-order valence-corrected chi connectivity index (χ3v) is 6.06. The predicted molar refractivity (Wildman–Crippen MR) is 139 cm³/mol. The van der Waals surface area contributed by atoms with Crippen LogP contribution < -0.4 is 10.1 Å². The zero-order valence-electron chi connectivity index (χ0n) is 19.7. The summed E-state index contributed by atoms with van der Waals surface area (Å²) in [5, 5.41) is 2.98. The van der Waals surface area contributed by atoms with Crippen molar-refractivity contribution in [1.29, 1.82) is 0 Å². The molecule has 0 fully saturated rings. The number of amides is 2. The number of hydrogen-bond acceptors (Lipinski definition) is 3. The highest BCUT2D eigenvalue weighted by molar-refractivity contribution is 9.10. The van der Waals surface area contributed by atoms with Gasteiger partial charge in [0.15, 0.2) is 6.61 Å². The van der Waals surface area contributed by atoms with Gasteiger partial charge >= 0.3 is 0 Å². The Hall–Kier alpha value is -3.12. The van der Waals surface area contributed by atoms with Gasteiger partial charge in [0.1, 0.15) is 11.8 Å². The maximum atomic E-state index is 13.5. The zero-order chi connectivity index (χ0) is 24.3. The molecule has 0 saturated heterocycles. The van der Waals surface area contributed by atoms with Gasteiger partial charge < -0.3 is 15.0 Å². The summed E-state index contributed by atoms with van der Waals surface area (Å²) in [5.74, 6) is 0.264. The molecule has 0 aliphatic carbocycles. The van der Waals surface area contributed by atoms with E-state index in [1.165, 1.54) is 0 Å². The van der Waals surface area contributed by atoms with Crippen LogP contribution in [0.2, 0.25) is 0 Å². The van der Waals surface area contributed by atoms with Gasteiger partial charge in [-0.25, -0.2) is 0 Å². The van der Waals surface area contributed by atoms with Crippen LogP contribution in [0, 0.1) is 6.92 Å². The van der Waals surface area contributed by atoms with Crippen molar-refractivity contribution in [3.63, 3.8) is 0 Å². The van der Waals surface area contributed by atoms with Gasteiger partial charge in [0, 0.05) is 24.0 Å². The summed E-state index contributed by atoms with van der Waals surface area (Å²) in [7, 11) is 0. The summed E-state index contributed by atoms with van der Waals surface area (Å²) in [6, 6.07) is 24.5. The smallest absolute Gasteiger partial charge is 0.261 e. The van der Waals surface area contributed by atoms with Crippen molar-refractivity contribution in [1.82, 2.24) is 10.2 Å². The fourth-order valence-corrected chi connectivity index (χ4v) is 3.91. The zero-order valence-corrected chi connectivity index (χ0v) is 21.3. The van der Waals surface area contributed by atoms with Crippen LogP contribution in [0.1, 0.15) is 30.0 Å². The normalized spacial score (nSPS) is 11.5. The SMILES string of the molecule is CCCNC(=O)C(Cc1ccccc1)N(Cc1ccc(Br)cc1)C(=O)COc1ccccc1C. The number of para-hydroxylation sites is 1. The standard InChI is InChI=1S/C28H31BrN2O3/c1-3-17-30-28(33)25(18-22-10-5-4-6-11-22)31(19-23-13-15-24(29)16-14-23)27(32)20-34-26-12-8-7-9-21(26)2/h4-16,25H,3,17-20H2,1-2H3,(H,30,33). The number of carbonyl (C=O) groups is 2. The minimum Gasteiger partial charge on any atom is -0.484 e. The van der Waals surface area contributed by atoms with Gasteiger partial charge in [0.2, 0.25) is 5.91 Å². The Morgan fingerprint density at radius 1 is 0.941 bits per heavy atom. The maximum Gasteiger partial charge on any atom is 0.261 e. The Labute approximate surface area is 210 Å². The van der Waals surface area contributed by atoms with Crippen molar-refractivity contribution < 1.29 is 14.3 Å². The van der Waals surface area contributed by atoms with Crippen molar-refractivity contribution in [3.05, 3.63) is 100 Å². The summed E-state index contributed by atoms with van der Waals surface area (Å²) in [5.41, 5.74) is 2.89. The molecule has 0 aliphatic rings. The summed E-state index contributed by atoms with van der Waals surface area (Å²) < 4.78 is 6.82. The molecule has 1 atom stereocenters. The van der Waals surface area contributed by atoms with Crippen LogP contribution in [0.4, 0.5) is 0 Å². The molecular weight excluding hydrogens is 492 g/mol. The molecule has 0 aromatic heterocycles. The number of halogens is 1. The van der Waals surface area contributed by atoms with Gasteiger partial charge in [-0.05, 0) is 48.2 Å². The van der Waals surface area contributed by atoms with Gasteiger partial charge in [-0.3, -0.25) is 9.59 Å². The van der Waals surface area contributed by atoms with Crippen molar-refractivity contribution in [2.75, 3.05) is 13.2 Å². The highest BCUT2D eigenvalue weighted by Gasteiger charge is 2.30. The molecular formula is C28H31BrN2O3. The number of nitrogens with one attached hydrogen (secondary N) is 1. The van der Waals surface area contributed by atoms with E-state index >= 15 is 0 Å². The minimum absolute atomic E-state index is 0.145. The third kappa shape index (κ3) is 7.45.